The Hall–Kier alpha value is -3.35. The van der Waals surface area contributed by atoms with Gasteiger partial charge in [0.15, 0.2) is 0 Å². The number of aryl methyl sites for hydroxylation is 2. The van der Waals surface area contributed by atoms with Crippen molar-refractivity contribution in [2.45, 2.75) is 86.1 Å². The number of nitrogens with zero attached hydrogens (tertiary/aromatic N) is 1. The molecule has 0 atom stereocenters. The minimum absolute atomic E-state index is 0.141. The molecule has 1 aliphatic carbocycles. The molecule has 2 N–H and O–H groups in total. The highest BCUT2D eigenvalue weighted by atomic mass is 16.5. The van der Waals surface area contributed by atoms with Gasteiger partial charge >= 0.3 is 11.9 Å². The number of anilines is 1. The summed E-state index contributed by atoms with van der Waals surface area (Å²) in [4.78, 5) is 38.9. The molecule has 1 aliphatic rings. The van der Waals surface area contributed by atoms with Crippen molar-refractivity contribution < 1.29 is 24.2 Å². The van der Waals surface area contributed by atoms with Crippen LogP contribution in [-0.4, -0.2) is 40.9 Å². The standard InChI is InChI=1S/C32H44N2O5/c1-6-39-32(38)31(37)33-27-14-22(4)28(23(5)15-27)17-25-12-13-29(35)26(16-25)20-34(19-21(2)3)30(36)18-24-10-8-7-9-11-24/h12-16,21,24,35H,6-11,17-20H2,1-5H3,(H,33,37). The lowest BCUT2D eigenvalue weighted by Crippen LogP contribution is -2.35. The summed E-state index contributed by atoms with van der Waals surface area (Å²) in [5, 5.41) is 13.3. The van der Waals surface area contributed by atoms with Gasteiger partial charge in [-0.1, -0.05) is 39.2 Å². The Morgan fingerprint density at radius 1 is 1.05 bits per heavy atom. The molecule has 2 amide bonds. The van der Waals surface area contributed by atoms with Crippen molar-refractivity contribution in [3.63, 3.8) is 0 Å². The van der Waals surface area contributed by atoms with Gasteiger partial charge in [-0.25, -0.2) is 4.79 Å². The summed E-state index contributed by atoms with van der Waals surface area (Å²) in [5.41, 5.74) is 5.38. The molecule has 1 fully saturated rings. The third kappa shape index (κ3) is 8.84. The van der Waals surface area contributed by atoms with Gasteiger partial charge in [0.05, 0.1) is 6.61 Å². The Balaban J connectivity index is 1.75. The topological polar surface area (TPSA) is 95.9 Å². The predicted octanol–water partition coefficient (Wildman–Crippen LogP) is 6.06. The van der Waals surface area contributed by atoms with E-state index >= 15 is 0 Å². The molecule has 0 aromatic heterocycles. The highest BCUT2D eigenvalue weighted by Gasteiger charge is 2.23. The molecular formula is C32H44N2O5. The van der Waals surface area contributed by atoms with Crippen molar-refractivity contribution >= 4 is 23.5 Å². The number of carbonyl (C=O) groups is 3. The molecule has 0 aliphatic heterocycles. The summed E-state index contributed by atoms with van der Waals surface area (Å²) in [6.07, 6.45) is 7.18. The van der Waals surface area contributed by atoms with E-state index in [0.717, 1.165) is 40.7 Å². The van der Waals surface area contributed by atoms with Gasteiger partial charge in [-0.15, -0.1) is 0 Å². The number of benzene rings is 2. The minimum Gasteiger partial charge on any atom is -0.508 e. The van der Waals surface area contributed by atoms with E-state index in [-0.39, 0.29) is 18.3 Å². The Kier molecular flexibility index (Phi) is 11.0. The van der Waals surface area contributed by atoms with E-state index < -0.39 is 11.9 Å². The van der Waals surface area contributed by atoms with Crippen molar-refractivity contribution in [1.29, 1.82) is 0 Å². The SMILES string of the molecule is CCOC(=O)C(=O)Nc1cc(C)c(Cc2ccc(O)c(CN(CC(C)C)C(=O)CC3CCCCC3)c2)c(C)c1. The van der Waals surface area contributed by atoms with Crippen LogP contribution in [0.4, 0.5) is 5.69 Å². The summed E-state index contributed by atoms with van der Waals surface area (Å²) in [5.74, 6) is -0.528. The summed E-state index contributed by atoms with van der Waals surface area (Å²) in [6, 6.07) is 9.29. The minimum atomic E-state index is -0.905. The van der Waals surface area contributed by atoms with Crippen LogP contribution in [0.25, 0.3) is 0 Å². The maximum atomic E-state index is 13.3. The van der Waals surface area contributed by atoms with Crippen LogP contribution >= 0.6 is 0 Å². The fourth-order valence-electron chi connectivity index (χ4n) is 5.47. The monoisotopic (exact) mass is 536 g/mol. The maximum absolute atomic E-state index is 13.3. The first-order valence-electron chi connectivity index (χ1n) is 14.2. The Labute approximate surface area is 232 Å². The van der Waals surface area contributed by atoms with Crippen molar-refractivity contribution in [2.24, 2.45) is 11.8 Å². The second-order valence-electron chi connectivity index (χ2n) is 11.3. The first-order chi connectivity index (χ1) is 18.6. The van der Waals surface area contributed by atoms with Gasteiger partial charge in [-0.3, -0.25) is 9.59 Å². The average Bonchev–Trinajstić information content (AvgIpc) is 2.88. The highest BCUT2D eigenvalue weighted by molar-refractivity contribution is 6.37. The van der Waals surface area contributed by atoms with E-state index in [1.807, 2.05) is 43.0 Å². The van der Waals surface area contributed by atoms with Gasteiger partial charge in [-0.05, 0) is 98.4 Å². The van der Waals surface area contributed by atoms with Crippen LogP contribution in [0.1, 0.15) is 87.1 Å². The average molecular weight is 537 g/mol. The third-order valence-electron chi connectivity index (χ3n) is 7.43. The van der Waals surface area contributed by atoms with E-state index in [1.165, 1.54) is 19.3 Å². The van der Waals surface area contributed by atoms with E-state index in [9.17, 15) is 19.5 Å². The van der Waals surface area contributed by atoms with Crippen molar-refractivity contribution in [1.82, 2.24) is 4.90 Å². The van der Waals surface area contributed by atoms with E-state index in [0.29, 0.717) is 43.5 Å². The number of hydrogen-bond donors (Lipinski definition) is 2. The van der Waals surface area contributed by atoms with Crippen LogP contribution in [0, 0.1) is 25.7 Å². The molecule has 0 heterocycles. The first-order valence-corrected chi connectivity index (χ1v) is 14.2. The van der Waals surface area contributed by atoms with Crippen molar-refractivity contribution in [3.05, 3.63) is 58.1 Å². The van der Waals surface area contributed by atoms with Crippen LogP contribution in [0.3, 0.4) is 0 Å². The predicted molar refractivity (Wildman–Crippen MR) is 154 cm³/mol. The normalized spacial score (nSPS) is 13.8. The van der Waals surface area contributed by atoms with E-state index in [2.05, 4.69) is 19.2 Å². The number of amides is 2. The molecule has 0 radical (unpaired) electrons. The molecule has 2 aromatic carbocycles. The van der Waals surface area contributed by atoms with Gasteiger partial charge in [0, 0.05) is 30.8 Å². The lowest BCUT2D eigenvalue weighted by molar-refractivity contribution is -0.152. The number of aromatic hydroxyl groups is 1. The summed E-state index contributed by atoms with van der Waals surface area (Å²) < 4.78 is 4.77. The lowest BCUT2D eigenvalue weighted by atomic mass is 9.86. The van der Waals surface area contributed by atoms with E-state index in [1.54, 1.807) is 13.0 Å². The molecule has 0 bridgehead atoms. The van der Waals surface area contributed by atoms with Crippen LogP contribution in [0.15, 0.2) is 30.3 Å². The second-order valence-corrected chi connectivity index (χ2v) is 11.3. The summed E-state index contributed by atoms with van der Waals surface area (Å²) in [7, 11) is 0. The van der Waals surface area contributed by atoms with Gasteiger partial charge in [0.25, 0.3) is 0 Å². The number of carbonyl (C=O) groups excluding carboxylic acids is 3. The maximum Gasteiger partial charge on any atom is 0.397 e. The van der Waals surface area contributed by atoms with Crippen LogP contribution in [0.2, 0.25) is 0 Å². The number of ether oxygens (including phenoxy) is 1. The molecule has 7 nitrogen and oxygen atoms in total. The van der Waals surface area contributed by atoms with Crippen LogP contribution < -0.4 is 5.32 Å². The van der Waals surface area contributed by atoms with Crippen molar-refractivity contribution in [2.75, 3.05) is 18.5 Å². The molecule has 3 rings (SSSR count). The fourth-order valence-corrected chi connectivity index (χ4v) is 5.47. The first kappa shape index (κ1) is 30.2. The lowest BCUT2D eigenvalue weighted by Gasteiger charge is -2.28. The number of esters is 1. The van der Waals surface area contributed by atoms with Gasteiger partial charge in [0.2, 0.25) is 5.91 Å². The van der Waals surface area contributed by atoms with Gasteiger partial charge in [-0.2, -0.15) is 0 Å². The third-order valence-corrected chi connectivity index (χ3v) is 7.43. The highest BCUT2D eigenvalue weighted by Crippen LogP contribution is 2.29. The molecule has 7 heteroatoms. The fraction of sp³-hybridized carbons (Fsp3) is 0.531. The molecule has 0 spiro atoms. The zero-order chi connectivity index (χ0) is 28.5. The molecule has 0 saturated heterocycles. The number of hydrogen-bond acceptors (Lipinski definition) is 5. The van der Waals surface area contributed by atoms with Gasteiger partial charge in [0.1, 0.15) is 5.75 Å². The molecular weight excluding hydrogens is 492 g/mol. The smallest absolute Gasteiger partial charge is 0.397 e. The number of nitrogens with one attached hydrogen (secondary N) is 1. The number of rotatable bonds is 10. The Bertz CT molecular complexity index is 1140. The largest absolute Gasteiger partial charge is 0.508 e. The quantitative estimate of drug-likeness (QED) is 0.284. The zero-order valence-electron chi connectivity index (χ0n) is 24.1. The summed E-state index contributed by atoms with van der Waals surface area (Å²) >= 11 is 0. The number of phenols is 1. The molecule has 39 heavy (non-hydrogen) atoms. The molecule has 1 saturated carbocycles. The molecule has 212 valence electrons. The summed E-state index contributed by atoms with van der Waals surface area (Å²) in [6.45, 7) is 11.0. The molecule has 2 aromatic rings. The van der Waals surface area contributed by atoms with Crippen LogP contribution in [-0.2, 0) is 32.1 Å². The Morgan fingerprint density at radius 2 is 1.72 bits per heavy atom. The van der Waals surface area contributed by atoms with Crippen LogP contribution in [0.5, 0.6) is 5.75 Å². The second kappa shape index (κ2) is 14.2. The number of phenolic OH excluding ortho intramolecular Hbond substituents is 1. The Morgan fingerprint density at radius 3 is 2.33 bits per heavy atom. The van der Waals surface area contributed by atoms with Gasteiger partial charge < -0.3 is 20.1 Å². The molecule has 0 unspecified atom stereocenters. The van der Waals surface area contributed by atoms with E-state index in [4.69, 9.17) is 4.74 Å². The zero-order valence-corrected chi connectivity index (χ0v) is 24.1. The van der Waals surface area contributed by atoms with Crippen molar-refractivity contribution in [3.8, 4) is 5.75 Å².